The lowest BCUT2D eigenvalue weighted by Gasteiger charge is -2.33. The first kappa shape index (κ1) is 31.9. The van der Waals surface area contributed by atoms with Crippen molar-refractivity contribution < 1.29 is 36.3 Å². The molecule has 3 atom stereocenters. The first-order valence-corrected chi connectivity index (χ1v) is 16.4. The van der Waals surface area contributed by atoms with Crippen molar-refractivity contribution >= 4 is 17.6 Å². The van der Waals surface area contributed by atoms with Gasteiger partial charge in [-0.1, -0.05) is 0 Å². The lowest BCUT2D eigenvalue weighted by molar-refractivity contribution is -0.183. The normalized spacial score (nSPS) is 25.1. The van der Waals surface area contributed by atoms with Crippen LogP contribution >= 0.6 is 0 Å². The Bertz CT molecular complexity index is 1620. The third-order valence-corrected chi connectivity index (χ3v) is 10.0. The Labute approximate surface area is 267 Å². The maximum absolute atomic E-state index is 14.2. The molecule has 3 aromatic heterocycles. The van der Waals surface area contributed by atoms with Gasteiger partial charge in [-0.05, 0) is 56.9 Å². The fourth-order valence-corrected chi connectivity index (χ4v) is 7.18. The molecular weight excluding hydrogens is 627 g/mol. The summed E-state index contributed by atoms with van der Waals surface area (Å²) in [6, 6.07) is 1.06. The van der Waals surface area contributed by atoms with E-state index in [-0.39, 0.29) is 68.1 Å². The molecule has 2 saturated carbocycles. The molecule has 47 heavy (non-hydrogen) atoms. The van der Waals surface area contributed by atoms with Gasteiger partial charge in [0, 0.05) is 57.1 Å². The van der Waals surface area contributed by atoms with Crippen molar-refractivity contribution in [2.24, 2.45) is 17.8 Å². The van der Waals surface area contributed by atoms with Gasteiger partial charge in [0.1, 0.15) is 5.69 Å². The molecule has 254 valence electrons. The topological polar surface area (TPSA) is 128 Å². The smallest absolute Gasteiger partial charge is 0.381 e. The number of aromatic nitrogens is 6. The van der Waals surface area contributed by atoms with Gasteiger partial charge in [0.05, 0.1) is 41.3 Å². The maximum Gasteiger partial charge on any atom is 0.393 e. The van der Waals surface area contributed by atoms with Crippen LogP contribution in [0.2, 0.25) is 0 Å². The minimum absolute atomic E-state index is 0.0371. The first-order valence-electron chi connectivity index (χ1n) is 16.4. The van der Waals surface area contributed by atoms with Crippen LogP contribution in [-0.2, 0) is 16.0 Å². The van der Waals surface area contributed by atoms with E-state index < -0.39 is 42.4 Å². The zero-order valence-corrected chi connectivity index (χ0v) is 25.7. The third kappa shape index (κ3) is 6.83. The van der Waals surface area contributed by atoms with E-state index in [2.05, 4.69) is 15.7 Å². The number of piperidine rings is 1. The fraction of sp³-hybridized carbons (Fsp3) is 0.677. The minimum Gasteiger partial charge on any atom is -0.381 e. The van der Waals surface area contributed by atoms with E-state index in [0.717, 1.165) is 12.8 Å². The highest BCUT2D eigenvalue weighted by Crippen LogP contribution is 2.42. The van der Waals surface area contributed by atoms with E-state index in [1.165, 1.54) is 4.52 Å². The lowest BCUT2D eigenvalue weighted by atomic mass is 9.81. The standard InChI is InChI=1S/C31H37F5N8O3/c32-30(33)8-3-17(4-9-30)26(40-28(46)24-5-10-38-44(24)21-1-2-21)23-16-43-29(39-23)41-25(18-6-11-47-12-7-18)22(42-43)14-19-13-20(31(34,35)36)15-37-27(19)45/h5,10,16-21,26H,1-4,6-9,11-15H2,(H,37,45)(H,40,46)/t19-,20-,26+/m1/s1. The SMILES string of the molecule is O=C(N[C@H](c1cn2nc(C[C@H]3C[C@@H](C(F)(F)F)CNC3=O)c(C3CCOCC3)nc2n1)C1CCC(F)(F)CC1)c1ccnn1C1CC1. The highest BCUT2D eigenvalue weighted by Gasteiger charge is 2.45. The number of amides is 2. The predicted octanol–water partition coefficient (Wildman–Crippen LogP) is 4.70. The van der Waals surface area contributed by atoms with Gasteiger partial charge in [-0.2, -0.15) is 23.4 Å². The van der Waals surface area contributed by atoms with E-state index in [4.69, 9.17) is 19.8 Å². The molecule has 2 N–H and O–H groups in total. The minimum atomic E-state index is -4.44. The average molecular weight is 665 g/mol. The van der Waals surface area contributed by atoms with Gasteiger partial charge in [0.2, 0.25) is 11.8 Å². The van der Waals surface area contributed by atoms with Crippen molar-refractivity contribution in [2.45, 2.75) is 94.3 Å². The Balaban J connectivity index is 1.23. The molecule has 2 aliphatic heterocycles. The van der Waals surface area contributed by atoms with Gasteiger partial charge >= 0.3 is 6.18 Å². The number of hydrogen-bond acceptors (Lipinski definition) is 7. The number of nitrogens with zero attached hydrogens (tertiary/aromatic N) is 6. The quantitative estimate of drug-likeness (QED) is 0.334. The molecule has 2 amide bonds. The second-order valence-electron chi connectivity index (χ2n) is 13.4. The first-order chi connectivity index (χ1) is 22.4. The van der Waals surface area contributed by atoms with E-state index in [1.807, 2.05) is 0 Å². The number of hydrogen-bond donors (Lipinski definition) is 2. The average Bonchev–Trinajstić information content (AvgIpc) is 3.61. The van der Waals surface area contributed by atoms with Crippen LogP contribution in [-0.4, -0.2) is 73.0 Å². The molecule has 0 radical (unpaired) electrons. The number of ether oxygens (including phenoxy) is 1. The van der Waals surface area contributed by atoms with Gasteiger partial charge < -0.3 is 15.4 Å². The summed E-state index contributed by atoms with van der Waals surface area (Å²) in [5.74, 6) is -6.44. The summed E-state index contributed by atoms with van der Waals surface area (Å²) >= 11 is 0. The fourth-order valence-electron chi connectivity index (χ4n) is 7.18. The zero-order chi connectivity index (χ0) is 32.9. The Hall–Kier alpha value is -3.69. The molecule has 0 bridgehead atoms. The largest absolute Gasteiger partial charge is 0.393 e. The van der Waals surface area contributed by atoms with Crippen LogP contribution in [0.4, 0.5) is 22.0 Å². The molecule has 16 heteroatoms. The monoisotopic (exact) mass is 664 g/mol. The maximum atomic E-state index is 14.2. The van der Waals surface area contributed by atoms with E-state index in [0.29, 0.717) is 48.8 Å². The molecule has 0 spiro atoms. The van der Waals surface area contributed by atoms with Crippen LogP contribution in [0.5, 0.6) is 0 Å². The Kier molecular flexibility index (Phi) is 8.41. The van der Waals surface area contributed by atoms with Gasteiger partial charge in [-0.25, -0.2) is 23.3 Å². The Morgan fingerprint density at radius 2 is 1.85 bits per heavy atom. The lowest BCUT2D eigenvalue weighted by Crippen LogP contribution is -2.47. The number of halogens is 5. The highest BCUT2D eigenvalue weighted by molar-refractivity contribution is 5.92. The van der Waals surface area contributed by atoms with Crippen LogP contribution in [0.25, 0.3) is 5.78 Å². The predicted molar refractivity (Wildman–Crippen MR) is 156 cm³/mol. The number of carbonyl (C=O) groups is 2. The molecule has 4 fully saturated rings. The van der Waals surface area contributed by atoms with Crippen molar-refractivity contribution in [3.63, 3.8) is 0 Å². The number of alkyl halides is 5. The van der Waals surface area contributed by atoms with E-state index >= 15 is 0 Å². The van der Waals surface area contributed by atoms with Gasteiger partial charge in [-0.15, -0.1) is 0 Å². The summed E-state index contributed by atoms with van der Waals surface area (Å²) in [7, 11) is 0. The summed E-state index contributed by atoms with van der Waals surface area (Å²) in [5.41, 5.74) is 1.74. The number of rotatable bonds is 8. The van der Waals surface area contributed by atoms with Gasteiger partial charge in [0.15, 0.2) is 0 Å². The number of fused-ring (bicyclic) bond motifs is 1. The molecule has 0 unspecified atom stereocenters. The van der Waals surface area contributed by atoms with Crippen molar-refractivity contribution in [3.05, 3.63) is 41.2 Å². The van der Waals surface area contributed by atoms with Crippen LogP contribution < -0.4 is 10.6 Å². The third-order valence-electron chi connectivity index (χ3n) is 10.0. The van der Waals surface area contributed by atoms with Gasteiger partial charge in [0.25, 0.3) is 11.7 Å². The van der Waals surface area contributed by atoms with Crippen molar-refractivity contribution in [1.82, 2.24) is 40.0 Å². The van der Waals surface area contributed by atoms with Crippen molar-refractivity contribution in [2.75, 3.05) is 19.8 Å². The number of nitrogens with one attached hydrogen (secondary N) is 2. The van der Waals surface area contributed by atoms with Crippen LogP contribution in [0.15, 0.2) is 18.5 Å². The van der Waals surface area contributed by atoms with Crippen molar-refractivity contribution in [3.8, 4) is 0 Å². The Morgan fingerprint density at radius 1 is 1.11 bits per heavy atom. The summed E-state index contributed by atoms with van der Waals surface area (Å²) < 4.78 is 77.8. The van der Waals surface area contributed by atoms with Crippen molar-refractivity contribution in [1.29, 1.82) is 0 Å². The van der Waals surface area contributed by atoms with E-state index in [1.54, 1.807) is 23.1 Å². The summed E-state index contributed by atoms with van der Waals surface area (Å²) in [4.78, 5) is 35.9. The second kappa shape index (κ2) is 12.4. The zero-order valence-electron chi connectivity index (χ0n) is 25.7. The number of carbonyl (C=O) groups excluding carboxylic acids is 2. The molecule has 0 aromatic carbocycles. The molecule has 7 rings (SSSR count). The molecule has 2 saturated heterocycles. The molecule has 3 aromatic rings. The van der Waals surface area contributed by atoms with Crippen LogP contribution in [0.1, 0.15) is 103 Å². The van der Waals surface area contributed by atoms with Crippen LogP contribution in [0.3, 0.4) is 0 Å². The highest BCUT2D eigenvalue weighted by atomic mass is 19.4. The summed E-state index contributed by atoms with van der Waals surface area (Å²) in [6.45, 7) is 0.506. The molecule has 4 aliphatic rings. The second-order valence-corrected chi connectivity index (χ2v) is 13.4. The Morgan fingerprint density at radius 3 is 2.55 bits per heavy atom. The molecule has 2 aliphatic carbocycles. The summed E-state index contributed by atoms with van der Waals surface area (Å²) in [5, 5.41) is 14.5. The van der Waals surface area contributed by atoms with Gasteiger partial charge in [-0.3, -0.25) is 14.3 Å². The number of imidazole rings is 1. The molecule has 11 nitrogen and oxygen atoms in total. The van der Waals surface area contributed by atoms with Crippen LogP contribution in [0, 0.1) is 17.8 Å². The molecular formula is C31H37F5N8O3. The van der Waals surface area contributed by atoms with E-state index in [9.17, 15) is 31.5 Å². The summed E-state index contributed by atoms with van der Waals surface area (Å²) in [6.07, 6.45) is 1.13. The molecule has 5 heterocycles.